The van der Waals surface area contributed by atoms with Crippen molar-refractivity contribution in [3.05, 3.63) is 75.3 Å². The number of nitrogens with zero attached hydrogens (tertiary/aromatic N) is 2. The molecule has 0 amide bonds. The Labute approximate surface area is 156 Å². The van der Waals surface area contributed by atoms with Gasteiger partial charge in [0.15, 0.2) is 0 Å². The predicted molar refractivity (Wildman–Crippen MR) is 105 cm³/mol. The Balaban J connectivity index is 1.60. The molecule has 3 rings (SSSR count). The molecule has 1 heterocycles. The van der Waals surface area contributed by atoms with Crippen molar-refractivity contribution in [2.45, 2.75) is 20.5 Å². The Kier molecular flexibility index (Phi) is 5.68. The van der Waals surface area contributed by atoms with Crippen LogP contribution in [0.5, 0.6) is 5.75 Å². The van der Waals surface area contributed by atoms with Gasteiger partial charge in [-0.05, 0) is 43.2 Å². The lowest BCUT2D eigenvalue weighted by atomic mass is 10.2. The van der Waals surface area contributed by atoms with Crippen molar-refractivity contribution in [2.75, 3.05) is 5.43 Å². The van der Waals surface area contributed by atoms with Crippen molar-refractivity contribution < 1.29 is 4.74 Å². The molecular formula is C19H18ClN3OS. The van der Waals surface area contributed by atoms with Crippen molar-refractivity contribution in [2.24, 2.45) is 5.10 Å². The Hall–Kier alpha value is -2.37. The first-order valence-electron chi connectivity index (χ1n) is 7.81. The van der Waals surface area contributed by atoms with E-state index in [9.17, 15) is 0 Å². The number of anilines is 1. The van der Waals surface area contributed by atoms with Gasteiger partial charge < -0.3 is 4.74 Å². The number of rotatable bonds is 6. The van der Waals surface area contributed by atoms with Gasteiger partial charge in [-0.15, -0.1) is 11.3 Å². The molecule has 0 saturated carbocycles. The van der Waals surface area contributed by atoms with Gasteiger partial charge in [0.05, 0.1) is 16.9 Å². The second-order valence-corrected chi connectivity index (χ2v) is 7.11. The summed E-state index contributed by atoms with van der Waals surface area (Å²) in [7, 11) is 0. The largest absolute Gasteiger partial charge is 0.487 e. The van der Waals surface area contributed by atoms with Crippen molar-refractivity contribution in [3.8, 4) is 5.75 Å². The van der Waals surface area contributed by atoms with Gasteiger partial charge >= 0.3 is 0 Å². The van der Waals surface area contributed by atoms with Crippen LogP contribution < -0.4 is 10.2 Å². The number of hydrogen-bond acceptors (Lipinski definition) is 5. The van der Waals surface area contributed by atoms with Crippen LogP contribution in [0.25, 0.3) is 0 Å². The molecule has 0 fully saturated rings. The highest BCUT2D eigenvalue weighted by molar-refractivity contribution is 7.15. The summed E-state index contributed by atoms with van der Waals surface area (Å²) in [6.07, 6.45) is 1.71. The monoisotopic (exact) mass is 371 g/mol. The highest BCUT2D eigenvalue weighted by Crippen LogP contribution is 2.26. The molecule has 0 atom stereocenters. The molecule has 0 bridgehead atoms. The molecule has 0 aliphatic rings. The van der Waals surface area contributed by atoms with E-state index < -0.39 is 0 Å². The maximum Gasteiger partial charge on any atom is 0.203 e. The minimum atomic E-state index is 0.484. The molecule has 6 heteroatoms. The van der Waals surface area contributed by atoms with Crippen LogP contribution >= 0.6 is 22.9 Å². The van der Waals surface area contributed by atoms with Crippen molar-refractivity contribution in [1.29, 1.82) is 0 Å². The summed E-state index contributed by atoms with van der Waals surface area (Å²) < 4.78 is 5.77. The third-order valence-corrected chi connectivity index (χ3v) is 4.87. The molecule has 0 radical (unpaired) electrons. The molecular weight excluding hydrogens is 354 g/mol. The second-order valence-electron chi connectivity index (χ2n) is 5.49. The number of aryl methyl sites for hydroxylation is 2. The number of ether oxygens (including phenoxy) is 1. The van der Waals surface area contributed by atoms with E-state index in [0.29, 0.717) is 17.4 Å². The lowest BCUT2D eigenvalue weighted by Crippen LogP contribution is -1.96. The van der Waals surface area contributed by atoms with Gasteiger partial charge in [-0.1, -0.05) is 41.9 Å². The standard InChI is InChI=1S/C19H18ClN3OS/c1-13-14(2)25-19(22-13)23-21-11-16-8-9-18(17(20)10-16)24-12-15-6-4-3-5-7-15/h3-11H,12H2,1-2H3,(H,22,23)/b21-11-. The number of hydrazone groups is 1. The van der Waals surface area contributed by atoms with E-state index in [2.05, 4.69) is 15.5 Å². The van der Waals surface area contributed by atoms with Gasteiger partial charge in [-0.25, -0.2) is 4.98 Å². The molecule has 1 aromatic heterocycles. The lowest BCUT2D eigenvalue weighted by Gasteiger charge is -2.08. The van der Waals surface area contributed by atoms with Crippen LogP contribution in [-0.2, 0) is 6.61 Å². The Bertz CT molecular complexity index is 858. The van der Waals surface area contributed by atoms with Gasteiger partial charge in [0, 0.05) is 4.88 Å². The van der Waals surface area contributed by atoms with E-state index in [1.54, 1.807) is 17.6 Å². The fraction of sp³-hybridized carbons (Fsp3) is 0.158. The van der Waals surface area contributed by atoms with Crippen LogP contribution in [0.1, 0.15) is 21.7 Å². The Morgan fingerprint density at radius 1 is 1.20 bits per heavy atom. The first-order chi connectivity index (χ1) is 12.1. The van der Waals surface area contributed by atoms with Gasteiger partial charge in [-0.2, -0.15) is 5.10 Å². The SMILES string of the molecule is Cc1nc(N/N=C\c2ccc(OCc3ccccc3)c(Cl)c2)sc1C. The van der Waals surface area contributed by atoms with Crippen LogP contribution in [0.15, 0.2) is 53.6 Å². The summed E-state index contributed by atoms with van der Waals surface area (Å²) in [6.45, 7) is 4.50. The highest BCUT2D eigenvalue weighted by atomic mass is 35.5. The minimum absolute atomic E-state index is 0.484. The minimum Gasteiger partial charge on any atom is -0.487 e. The number of aromatic nitrogens is 1. The molecule has 3 aromatic rings. The van der Waals surface area contributed by atoms with Gasteiger partial charge in [0.2, 0.25) is 5.13 Å². The number of thiazole rings is 1. The Morgan fingerprint density at radius 2 is 2.00 bits per heavy atom. The quantitative estimate of drug-likeness (QED) is 0.463. The molecule has 0 unspecified atom stereocenters. The van der Waals surface area contributed by atoms with E-state index in [0.717, 1.165) is 22.0 Å². The second kappa shape index (κ2) is 8.14. The molecule has 0 aliphatic heterocycles. The summed E-state index contributed by atoms with van der Waals surface area (Å²) in [6, 6.07) is 15.6. The first-order valence-corrected chi connectivity index (χ1v) is 9.00. The lowest BCUT2D eigenvalue weighted by molar-refractivity contribution is 0.306. The molecule has 2 aromatic carbocycles. The first kappa shape index (κ1) is 17.5. The molecule has 0 spiro atoms. The third kappa shape index (κ3) is 4.81. The van der Waals surface area contributed by atoms with Gasteiger partial charge in [0.25, 0.3) is 0 Å². The number of benzene rings is 2. The van der Waals surface area contributed by atoms with Crippen LogP contribution in [0.4, 0.5) is 5.13 Å². The van der Waals surface area contributed by atoms with Crippen LogP contribution in [-0.4, -0.2) is 11.2 Å². The maximum atomic E-state index is 6.30. The summed E-state index contributed by atoms with van der Waals surface area (Å²) in [4.78, 5) is 5.55. The third-order valence-electron chi connectivity index (χ3n) is 3.60. The zero-order chi connectivity index (χ0) is 17.6. The van der Waals surface area contributed by atoms with Crippen molar-refractivity contribution in [3.63, 3.8) is 0 Å². The molecule has 128 valence electrons. The van der Waals surface area contributed by atoms with E-state index in [4.69, 9.17) is 16.3 Å². The van der Waals surface area contributed by atoms with Crippen molar-refractivity contribution in [1.82, 2.24) is 4.98 Å². The maximum absolute atomic E-state index is 6.30. The molecule has 0 aliphatic carbocycles. The average Bonchev–Trinajstić information content (AvgIpc) is 2.93. The number of hydrogen-bond donors (Lipinski definition) is 1. The zero-order valence-corrected chi connectivity index (χ0v) is 15.6. The fourth-order valence-corrected chi connectivity index (χ4v) is 3.14. The summed E-state index contributed by atoms with van der Waals surface area (Å²) >= 11 is 7.88. The van der Waals surface area contributed by atoms with Gasteiger partial charge in [-0.3, -0.25) is 5.43 Å². The average molecular weight is 372 g/mol. The van der Waals surface area contributed by atoms with E-state index >= 15 is 0 Å². The van der Waals surface area contributed by atoms with Crippen molar-refractivity contribution >= 4 is 34.3 Å². The number of halogens is 1. The zero-order valence-electron chi connectivity index (χ0n) is 14.0. The smallest absolute Gasteiger partial charge is 0.203 e. The van der Waals surface area contributed by atoms with E-state index in [1.807, 2.05) is 62.4 Å². The Morgan fingerprint density at radius 3 is 2.68 bits per heavy atom. The number of nitrogens with one attached hydrogen (secondary N) is 1. The predicted octanol–water partition coefficient (Wildman–Crippen LogP) is 5.44. The highest BCUT2D eigenvalue weighted by Gasteiger charge is 2.04. The van der Waals surface area contributed by atoms with Crippen LogP contribution in [0.2, 0.25) is 5.02 Å². The molecule has 25 heavy (non-hydrogen) atoms. The van der Waals surface area contributed by atoms with E-state index in [1.165, 1.54) is 4.88 Å². The molecule has 4 nitrogen and oxygen atoms in total. The summed E-state index contributed by atoms with van der Waals surface area (Å²) in [5.74, 6) is 0.654. The topological polar surface area (TPSA) is 46.5 Å². The van der Waals surface area contributed by atoms with Crippen LogP contribution in [0.3, 0.4) is 0 Å². The molecule has 0 saturated heterocycles. The van der Waals surface area contributed by atoms with Gasteiger partial charge in [0.1, 0.15) is 12.4 Å². The normalized spacial score (nSPS) is 11.0. The van der Waals surface area contributed by atoms with Crippen LogP contribution in [0, 0.1) is 13.8 Å². The summed E-state index contributed by atoms with van der Waals surface area (Å²) in [5, 5.41) is 5.54. The fourth-order valence-electron chi connectivity index (χ4n) is 2.13. The summed E-state index contributed by atoms with van der Waals surface area (Å²) in [5.41, 5.74) is 5.94. The molecule has 1 N–H and O–H groups in total. The van der Waals surface area contributed by atoms with E-state index in [-0.39, 0.29) is 0 Å².